The second-order valence-corrected chi connectivity index (χ2v) is 7.51. The third-order valence-electron chi connectivity index (χ3n) is 5.00. The third kappa shape index (κ3) is 6.33. The summed E-state index contributed by atoms with van der Waals surface area (Å²) in [5.41, 5.74) is 2.56. The normalized spacial score (nSPS) is 11.7. The van der Waals surface area contributed by atoms with Crippen LogP contribution in [0.15, 0.2) is 60.8 Å². The van der Waals surface area contributed by atoms with Crippen molar-refractivity contribution in [1.29, 1.82) is 0 Å². The number of esters is 1. The number of carbonyl (C=O) groups is 2. The van der Waals surface area contributed by atoms with Crippen molar-refractivity contribution in [3.8, 4) is 11.4 Å². The third-order valence-corrected chi connectivity index (χ3v) is 5.00. The Morgan fingerprint density at radius 3 is 2.64 bits per heavy atom. The molecule has 3 aromatic rings. The number of hydrogen-bond donors (Lipinski definition) is 2. The Bertz CT molecular complexity index is 1100. The lowest BCUT2D eigenvalue weighted by molar-refractivity contribution is 0.0519. The lowest BCUT2D eigenvalue weighted by atomic mass is 10.1. The number of likely N-dealkylation sites (N-methyl/N-ethyl adjacent to an activating group) is 1. The van der Waals surface area contributed by atoms with E-state index < -0.39 is 5.97 Å². The van der Waals surface area contributed by atoms with E-state index in [2.05, 4.69) is 15.7 Å². The van der Waals surface area contributed by atoms with Gasteiger partial charge in [0.15, 0.2) is 5.69 Å². The van der Waals surface area contributed by atoms with Gasteiger partial charge in [-0.2, -0.15) is 5.10 Å². The largest absolute Gasteiger partial charge is 0.497 e. The minimum Gasteiger partial charge on any atom is -0.497 e. The van der Waals surface area contributed by atoms with E-state index in [4.69, 9.17) is 9.47 Å². The molecule has 0 radical (unpaired) electrons. The molecule has 0 aliphatic heterocycles. The van der Waals surface area contributed by atoms with Gasteiger partial charge in [-0.1, -0.05) is 18.2 Å². The summed E-state index contributed by atoms with van der Waals surface area (Å²) in [7, 11) is 5.55. The van der Waals surface area contributed by atoms with Crippen LogP contribution < -0.4 is 15.4 Å². The molecule has 174 valence electrons. The Morgan fingerprint density at radius 1 is 1.12 bits per heavy atom. The summed E-state index contributed by atoms with van der Waals surface area (Å²) in [5, 5.41) is 10.0. The second-order valence-electron chi connectivity index (χ2n) is 7.51. The summed E-state index contributed by atoms with van der Waals surface area (Å²) < 4.78 is 11.8. The van der Waals surface area contributed by atoms with Crippen LogP contribution in [0.25, 0.3) is 5.69 Å². The van der Waals surface area contributed by atoms with Crippen molar-refractivity contribution >= 4 is 17.7 Å². The molecule has 1 heterocycles. The van der Waals surface area contributed by atoms with Crippen molar-refractivity contribution in [1.82, 2.24) is 20.0 Å². The molecule has 1 aromatic heterocycles. The van der Waals surface area contributed by atoms with Gasteiger partial charge in [-0.25, -0.2) is 14.3 Å². The van der Waals surface area contributed by atoms with Crippen molar-refractivity contribution in [3.05, 3.63) is 72.1 Å². The molecule has 3 rings (SSSR count). The Kier molecular flexibility index (Phi) is 8.04. The van der Waals surface area contributed by atoms with Gasteiger partial charge in [-0.05, 0) is 63.0 Å². The highest BCUT2D eigenvalue weighted by atomic mass is 16.5. The van der Waals surface area contributed by atoms with Crippen LogP contribution in [0.1, 0.15) is 29.0 Å². The number of aromatic nitrogens is 2. The van der Waals surface area contributed by atoms with Crippen LogP contribution in [-0.2, 0) is 4.74 Å². The van der Waals surface area contributed by atoms with Crippen molar-refractivity contribution in [2.24, 2.45) is 0 Å². The lowest BCUT2D eigenvalue weighted by Gasteiger charge is -2.25. The molecule has 0 saturated carbocycles. The molecule has 0 spiro atoms. The van der Waals surface area contributed by atoms with E-state index in [1.54, 1.807) is 49.2 Å². The van der Waals surface area contributed by atoms with Gasteiger partial charge in [0.1, 0.15) is 5.75 Å². The summed E-state index contributed by atoms with van der Waals surface area (Å²) in [6.07, 6.45) is 1.67. The van der Waals surface area contributed by atoms with E-state index in [-0.39, 0.29) is 24.4 Å². The number of methoxy groups -OCH3 is 1. The molecule has 33 heavy (non-hydrogen) atoms. The van der Waals surface area contributed by atoms with Gasteiger partial charge in [0.05, 0.1) is 25.4 Å². The monoisotopic (exact) mass is 451 g/mol. The molecule has 2 aromatic carbocycles. The number of anilines is 1. The quantitative estimate of drug-likeness (QED) is 0.484. The Hall–Kier alpha value is -3.85. The van der Waals surface area contributed by atoms with Crippen LogP contribution >= 0.6 is 0 Å². The van der Waals surface area contributed by atoms with E-state index in [1.165, 1.54) is 0 Å². The van der Waals surface area contributed by atoms with E-state index in [0.717, 1.165) is 11.3 Å². The maximum atomic E-state index is 12.6. The maximum absolute atomic E-state index is 12.6. The van der Waals surface area contributed by atoms with E-state index in [9.17, 15) is 9.59 Å². The van der Waals surface area contributed by atoms with Crippen LogP contribution in [0.3, 0.4) is 0 Å². The summed E-state index contributed by atoms with van der Waals surface area (Å²) in [4.78, 5) is 26.4. The van der Waals surface area contributed by atoms with Gasteiger partial charge in [0.2, 0.25) is 0 Å². The van der Waals surface area contributed by atoms with E-state index in [1.807, 2.05) is 49.3 Å². The van der Waals surface area contributed by atoms with Gasteiger partial charge in [-0.3, -0.25) is 0 Å². The first-order valence-electron chi connectivity index (χ1n) is 10.6. The molecular formula is C24H29N5O4. The van der Waals surface area contributed by atoms with Crippen molar-refractivity contribution < 1.29 is 19.1 Å². The molecule has 1 unspecified atom stereocenters. The minimum absolute atomic E-state index is 0.0254. The summed E-state index contributed by atoms with van der Waals surface area (Å²) in [5.74, 6) is 0.293. The zero-order valence-corrected chi connectivity index (χ0v) is 19.2. The summed E-state index contributed by atoms with van der Waals surface area (Å²) in [6.45, 7) is 2.44. The molecule has 0 fully saturated rings. The highest BCUT2D eigenvalue weighted by molar-refractivity contribution is 5.89. The predicted molar refractivity (Wildman–Crippen MR) is 126 cm³/mol. The molecule has 0 aliphatic carbocycles. The second kappa shape index (κ2) is 11.1. The maximum Gasteiger partial charge on any atom is 0.358 e. The molecule has 0 saturated heterocycles. The van der Waals surface area contributed by atoms with Crippen molar-refractivity contribution in [2.45, 2.75) is 13.0 Å². The Morgan fingerprint density at radius 2 is 1.91 bits per heavy atom. The fourth-order valence-corrected chi connectivity index (χ4v) is 3.32. The molecule has 2 N–H and O–H groups in total. The van der Waals surface area contributed by atoms with Crippen LogP contribution in [-0.4, -0.2) is 61.0 Å². The van der Waals surface area contributed by atoms with Gasteiger partial charge in [0, 0.05) is 18.4 Å². The number of hydrogen-bond acceptors (Lipinski definition) is 6. The number of ether oxygens (including phenoxy) is 2. The van der Waals surface area contributed by atoms with Crippen LogP contribution in [0, 0.1) is 0 Å². The topological polar surface area (TPSA) is 97.7 Å². The first kappa shape index (κ1) is 23.8. The fraction of sp³-hybridized carbons (Fsp3) is 0.292. The Balaban J connectivity index is 1.64. The molecule has 0 bridgehead atoms. The predicted octanol–water partition coefficient (Wildman–Crippen LogP) is 3.48. The molecule has 9 nitrogen and oxygen atoms in total. The number of benzene rings is 2. The van der Waals surface area contributed by atoms with Gasteiger partial charge in [-0.15, -0.1) is 0 Å². The number of nitrogens with zero attached hydrogens (tertiary/aromatic N) is 3. The average molecular weight is 452 g/mol. The van der Waals surface area contributed by atoms with Gasteiger partial charge < -0.3 is 25.0 Å². The number of rotatable bonds is 9. The minimum atomic E-state index is -0.476. The zero-order chi connectivity index (χ0) is 23.8. The molecule has 0 aliphatic rings. The first-order chi connectivity index (χ1) is 15.9. The highest BCUT2D eigenvalue weighted by Crippen LogP contribution is 2.22. The van der Waals surface area contributed by atoms with E-state index >= 15 is 0 Å². The highest BCUT2D eigenvalue weighted by Gasteiger charge is 2.16. The molecular weight excluding hydrogens is 422 g/mol. The van der Waals surface area contributed by atoms with Crippen molar-refractivity contribution in [3.63, 3.8) is 0 Å². The van der Waals surface area contributed by atoms with E-state index in [0.29, 0.717) is 17.9 Å². The number of nitrogens with one attached hydrogen (secondary N) is 2. The zero-order valence-electron chi connectivity index (χ0n) is 19.2. The SMILES string of the molecule is CCOC(=O)c1ccn(-c2cccc(NC(=O)NCC(c3cccc(OC)c3)N(C)C)c2)n1. The molecule has 9 heteroatoms. The molecule has 2 amide bonds. The average Bonchev–Trinajstić information content (AvgIpc) is 3.30. The lowest BCUT2D eigenvalue weighted by Crippen LogP contribution is -2.36. The summed E-state index contributed by atoms with van der Waals surface area (Å²) in [6, 6.07) is 16.2. The number of amides is 2. The summed E-state index contributed by atoms with van der Waals surface area (Å²) >= 11 is 0. The number of carbonyl (C=O) groups excluding carboxylic acids is 2. The standard InChI is InChI=1S/C24H29N5O4/c1-5-33-23(30)21-12-13-29(27-21)19-10-7-9-18(15-19)26-24(31)25-16-22(28(2)3)17-8-6-11-20(14-17)32-4/h6-15,22H,5,16H2,1-4H3,(H2,25,26,31). The van der Waals surface area contributed by atoms with Crippen LogP contribution in [0.4, 0.5) is 10.5 Å². The van der Waals surface area contributed by atoms with Gasteiger partial charge >= 0.3 is 12.0 Å². The first-order valence-corrected chi connectivity index (χ1v) is 10.6. The smallest absolute Gasteiger partial charge is 0.358 e. The molecule has 1 atom stereocenters. The Labute approximate surface area is 193 Å². The van der Waals surface area contributed by atoms with Gasteiger partial charge in [0.25, 0.3) is 0 Å². The van der Waals surface area contributed by atoms with Crippen LogP contribution in [0.2, 0.25) is 0 Å². The fourth-order valence-electron chi connectivity index (χ4n) is 3.32. The van der Waals surface area contributed by atoms with Crippen molar-refractivity contribution in [2.75, 3.05) is 39.7 Å². The van der Waals surface area contributed by atoms with Crippen LogP contribution in [0.5, 0.6) is 5.75 Å². The number of urea groups is 1.